The number of halogens is 2. The second-order valence-corrected chi connectivity index (χ2v) is 6.76. The number of ether oxygens (including phenoxy) is 1. The third kappa shape index (κ3) is 4.81. The summed E-state index contributed by atoms with van der Waals surface area (Å²) in [6.07, 6.45) is 0. The van der Waals surface area contributed by atoms with Crippen molar-refractivity contribution in [3.8, 4) is 5.75 Å². The normalized spacial score (nSPS) is 10.5. The summed E-state index contributed by atoms with van der Waals surface area (Å²) in [5, 5.41) is 12.9. The highest BCUT2D eigenvalue weighted by Gasteiger charge is 2.10. The predicted octanol–water partition coefficient (Wildman–Crippen LogP) is 5.68. The number of carbonyl (C=O) groups is 1. The van der Waals surface area contributed by atoms with Gasteiger partial charge in [-0.25, -0.2) is 9.18 Å². The van der Waals surface area contributed by atoms with E-state index in [1.54, 1.807) is 54.6 Å². The van der Waals surface area contributed by atoms with Crippen LogP contribution in [0.25, 0.3) is 0 Å². The average molecular weight is 400 g/mol. The predicted molar refractivity (Wildman–Crippen MR) is 108 cm³/mol. The molecule has 144 valence electrons. The molecule has 0 spiro atoms. The Balaban J connectivity index is 1.77. The molecule has 2 N–H and O–H groups in total. The minimum Gasteiger partial charge on any atom is -0.488 e. The second kappa shape index (κ2) is 8.76. The summed E-state index contributed by atoms with van der Waals surface area (Å²) in [7, 11) is 0. The zero-order chi connectivity index (χ0) is 20.1. The van der Waals surface area contributed by atoms with Crippen LogP contribution < -0.4 is 10.1 Å². The molecular formula is C22H19ClFNO3. The molecule has 0 aliphatic carbocycles. The highest BCUT2D eigenvalue weighted by atomic mass is 35.5. The number of aryl methyl sites for hydroxylation is 1. The Hall–Kier alpha value is -3.05. The summed E-state index contributed by atoms with van der Waals surface area (Å²) in [4.78, 5) is 11.2. The van der Waals surface area contributed by atoms with Gasteiger partial charge in [-0.3, -0.25) is 0 Å². The maximum Gasteiger partial charge on any atom is 0.335 e. The molecule has 0 aromatic heterocycles. The molecular weight excluding hydrogens is 381 g/mol. The van der Waals surface area contributed by atoms with Crippen LogP contribution in [0.1, 0.15) is 27.0 Å². The highest BCUT2D eigenvalue weighted by Crippen LogP contribution is 2.26. The summed E-state index contributed by atoms with van der Waals surface area (Å²) in [5.41, 5.74) is 3.07. The van der Waals surface area contributed by atoms with Crippen molar-refractivity contribution in [1.29, 1.82) is 0 Å². The average Bonchev–Trinajstić information content (AvgIpc) is 2.67. The van der Waals surface area contributed by atoms with E-state index in [9.17, 15) is 14.3 Å². The number of anilines is 1. The van der Waals surface area contributed by atoms with Crippen LogP contribution in [-0.2, 0) is 13.2 Å². The molecule has 0 bridgehead atoms. The van der Waals surface area contributed by atoms with Crippen molar-refractivity contribution >= 4 is 23.3 Å². The number of hydrogen-bond acceptors (Lipinski definition) is 3. The zero-order valence-electron chi connectivity index (χ0n) is 15.2. The van der Waals surface area contributed by atoms with Gasteiger partial charge < -0.3 is 15.2 Å². The Bertz CT molecular complexity index is 1010. The van der Waals surface area contributed by atoms with Crippen LogP contribution in [0, 0.1) is 12.7 Å². The number of nitrogens with one attached hydrogen (secondary N) is 1. The molecule has 0 unspecified atom stereocenters. The minimum absolute atomic E-state index is 0.0921. The lowest BCUT2D eigenvalue weighted by Gasteiger charge is -2.15. The van der Waals surface area contributed by atoms with E-state index < -0.39 is 5.97 Å². The fourth-order valence-corrected chi connectivity index (χ4v) is 2.93. The van der Waals surface area contributed by atoms with Crippen molar-refractivity contribution in [3.05, 3.63) is 93.8 Å². The summed E-state index contributed by atoms with van der Waals surface area (Å²) in [5.74, 6) is -0.732. The monoisotopic (exact) mass is 399 g/mol. The molecule has 28 heavy (non-hydrogen) atoms. The van der Waals surface area contributed by atoms with Gasteiger partial charge in [0.05, 0.1) is 5.56 Å². The van der Waals surface area contributed by atoms with Gasteiger partial charge in [0.2, 0.25) is 0 Å². The van der Waals surface area contributed by atoms with Crippen LogP contribution in [0.5, 0.6) is 5.75 Å². The van der Waals surface area contributed by atoms with Gasteiger partial charge in [0.1, 0.15) is 18.2 Å². The number of carboxylic acid groups (broad SMARTS) is 1. The van der Waals surface area contributed by atoms with Gasteiger partial charge in [0.15, 0.2) is 0 Å². The Kier molecular flexibility index (Phi) is 6.16. The highest BCUT2D eigenvalue weighted by molar-refractivity contribution is 6.30. The van der Waals surface area contributed by atoms with Crippen LogP contribution in [-0.4, -0.2) is 11.1 Å². The summed E-state index contributed by atoms with van der Waals surface area (Å²) < 4.78 is 19.6. The first kappa shape index (κ1) is 19.7. The number of aromatic carboxylic acids is 1. The van der Waals surface area contributed by atoms with Crippen LogP contribution in [0.2, 0.25) is 5.02 Å². The van der Waals surface area contributed by atoms with E-state index in [-0.39, 0.29) is 18.0 Å². The van der Waals surface area contributed by atoms with Crippen molar-refractivity contribution < 1.29 is 19.0 Å². The molecule has 0 radical (unpaired) electrons. The second-order valence-electron chi connectivity index (χ2n) is 6.32. The van der Waals surface area contributed by atoms with Crippen LogP contribution in [0.15, 0.2) is 60.7 Å². The molecule has 0 aliphatic rings. The van der Waals surface area contributed by atoms with Crippen molar-refractivity contribution in [2.24, 2.45) is 0 Å². The molecule has 0 aliphatic heterocycles. The van der Waals surface area contributed by atoms with E-state index in [4.69, 9.17) is 16.3 Å². The van der Waals surface area contributed by atoms with Gasteiger partial charge in [-0.2, -0.15) is 0 Å². The largest absolute Gasteiger partial charge is 0.488 e. The Morgan fingerprint density at radius 3 is 2.64 bits per heavy atom. The molecule has 3 rings (SSSR count). The Morgan fingerprint density at radius 2 is 1.89 bits per heavy atom. The molecule has 3 aromatic rings. The summed E-state index contributed by atoms with van der Waals surface area (Å²) in [6.45, 7) is 2.35. The molecule has 0 saturated carbocycles. The lowest BCUT2D eigenvalue weighted by molar-refractivity contribution is 0.0697. The van der Waals surface area contributed by atoms with E-state index in [0.717, 1.165) is 11.1 Å². The maximum absolute atomic E-state index is 13.8. The first-order valence-corrected chi connectivity index (χ1v) is 9.04. The van der Waals surface area contributed by atoms with Gasteiger partial charge in [-0.05, 0) is 48.9 Å². The topological polar surface area (TPSA) is 58.6 Å². The molecule has 6 heteroatoms. The van der Waals surface area contributed by atoms with Crippen molar-refractivity contribution in [2.45, 2.75) is 20.1 Å². The van der Waals surface area contributed by atoms with Gasteiger partial charge in [0, 0.05) is 28.4 Å². The van der Waals surface area contributed by atoms with E-state index >= 15 is 0 Å². The molecule has 0 saturated heterocycles. The van der Waals surface area contributed by atoms with E-state index in [1.807, 2.05) is 6.92 Å². The molecule has 0 heterocycles. The van der Waals surface area contributed by atoms with Gasteiger partial charge in [-0.1, -0.05) is 35.9 Å². The number of rotatable bonds is 7. The van der Waals surface area contributed by atoms with E-state index in [1.165, 1.54) is 6.07 Å². The van der Waals surface area contributed by atoms with Crippen LogP contribution >= 0.6 is 11.6 Å². The first-order valence-electron chi connectivity index (χ1n) is 8.66. The van der Waals surface area contributed by atoms with Crippen molar-refractivity contribution in [2.75, 3.05) is 5.32 Å². The smallest absolute Gasteiger partial charge is 0.335 e. The lowest BCUT2D eigenvalue weighted by Crippen LogP contribution is -2.06. The van der Waals surface area contributed by atoms with E-state index in [0.29, 0.717) is 28.6 Å². The minimum atomic E-state index is -0.986. The molecule has 0 atom stereocenters. The Morgan fingerprint density at radius 1 is 1.11 bits per heavy atom. The van der Waals surface area contributed by atoms with Gasteiger partial charge >= 0.3 is 5.97 Å². The fourth-order valence-electron chi connectivity index (χ4n) is 2.73. The Labute approximate surface area is 167 Å². The van der Waals surface area contributed by atoms with Gasteiger partial charge in [0.25, 0.3) is 0 Å². The van der Waals surface area contributed by atoms with Crippen LogP contribution in [0.4, 0.5) is 10.1 Å². The quantitative estimate of drug-likeness (QED) is 0.536. The maximum atomic E-state index is 13.8. The molecule has 0 fully saturated rings. The molecule has 3 aromatic carbocycles. The fraction of sp³-hybridized carbons (Fsp3) is 0.136. The third-order valence-electron chi connectivity index (χ3n) is 4.32. The standard InChI is InChI=1S/C22H19ClFNO3/c1-14-6-7-15(22(26)27)11-20(14)25-12-17-10-18(23)8-9-21(17)28-13-16-4-2-3-5-19(16)24/h2-11,25H,12-13H2,1H3,(H,26,27). The number of carboxylic acids is 1. The summed E-state index contributed by atoms with van der Waals surface area (Å²) in [6, 6.07) is 16.5. The van der Waals surface area contributed by atoms with Crippen molar-refractivity contribution in [3.63, 3.8) is 0 Å². The molecule has 4 nitrogen and oxygen atoms in total. The number of hydrogen-bond donors (Lipinski definition) is 2. The van der Waals surface area contributed by atoms with E-state index in [2.05, 4.69) is 5.32 Å². The lowest BCUT2D eigenvalue weighted by atomic mass is 10.1. The van der Waals surface area contributed by atoms with Crippen LogP contribution in [0.3, 0.4) is 0 Å². The van der Waals surface area contributed by atoms with Gasteiger partial charge in [-0.15, -0.1) is 0 Å². The van der Waals surface area contributed by atoms with Crippen molar-refractivity contribution in [1.82, 2.24) is 0 Å². The zero-order valence-corrected chi connectivity index (χ0v) is 16.0. The first-order chi connectivity index (χ1) is 13.4. The third-order valence-corrected chi connectivity index (χ3v) is 4.55. The SMILES string of the molecule is Cc1ccc(C(=O)O)cc1NCc1cc(Cl)ccc1OCc1ccccc1F. The molecule has 0 amide bonds. The summed E-state index contributed by atoms with van der Waals surface area (Å²) >= 11 is 6.12. The number of benzene rings is 3.